The molecule has 1 unspecified atom stereocenters. The van der Waals surface area contributed by atoms with Crippen LogP contribution in [0.1, 0.15) is 17.2 Å². The molecule has 2 aromatic carbocycles. The van der Waals surface area contributed by atoms with Gasteiger partial charge in [-0.3, -0.25) is 0 Å². The van der Waals surface area contributed by atoms with Crippen LogP contribution in [0.2, 0.25) is 0 Å². The molecule has 0 aliphatic rings. The van der Waals surface area contributed by atoms with Crippen molar-refractivity contribution in [3.05, 3.63) is 64.1 Å². The summed E-state index contributed by atoms with van der Waals surface area (Å²) in [5, 5.41) is 0. The highest BCUT2D eigenvalue weighted by molar-refractivity contribution is 9.10. The van der Waals surface area contributed by atoms with Gasteiger partial charge in [-0.1, -0.05) is 40.2 Å². The standard InChI is InChI=1S/C15H16BrNO/c1-11-4-2-3-5-14(11)15(17)10-18-13-8-6-12(16)7-9-13/h2-9,15H,10,17H2,1H3. The third-order valence-corrected chi connectivity index (χ3v) is 3.36. The monoisotopic (exact) mass is 305 g/mol. The summed E-state index contributed by atoms with van der Waals surface area (Å²) in [6.07, 6.45) is 0. The first-order valence-corrected chi connectivity index (χ1v) is 6.65. The van der Waals surface area contributed by atoms with Gasteiger partial charge in [-0.25, -0.2) is 0 Å². The van der Waals surface area contributed by atoms with Gasteiger partial charge in [-0.2, -0.15) is 0 Å². The summed E-state index contributed by atoms with van der Waals surface area (Å²) in [4.78, 5) is 0. The number of hydrogen-bond acceptors (Lipinski definition) is 2. The number of hydrogen-bond donors (Lipinski definition) is 1. The van der Waals surface area contributed by atoms with Gasteiger partial charge in [0.05, 0.1) is 6.04 Å². The van der Waals surface area contributed by atoms with Crippen molar-refractivity contribution in [1.29, 1.82) is 0 Å². The van der Waals surface area contributed by atoms with Crippen LogP contribution in [0.3, 0.4) is 0 Å². The Labute approximate surface area is 116 Å². The lowest BCUT2D eigenvalue weighted by atomic mass is 10.0. The molecule has 0 fully saturated rings. The minimum Gasteiger partial charge on any atom is -0.492 e. The second-order valence-electron chi connectivity index (χ2n) is 4.23. The molecule has 0 aromatic heterocycles. The highest BCUT2D eigenvalue weighted by atomic mass is 79.9. The van der Waals surface area contributed by atoms with E-state index in [0.29, 0.717) is 6.61 Å². The molecule has 0 saturated heterocycles. The molecule has 0 heterocycles. The van der Waals surface area contributed by atoms with E-state index in [9.17, 15) is 0 Å². The number of benzene rings is 2. The van der Waals surface area contributed by atoms with Crippen LogP contribution in [-0.4, -0.2) is 6.61 Å². The van der Waals surface area contributed by atoms with E-state index < -0.39 is 0 Å². The molecule has 1 atom stereocenters. The van der Waals surface area contributed by atoms with Crippen LogP contribution in [0.15, 0.2) is 53.0 Å². The Morgan fingerprint density at radius 2 is 1.78 bits per heavy atom. The molecule has 0 amide bonds. The first-order chi connectivity index (χ1) is 8.66. The van der Waals surface area contributed by atoms with Crippen LogP contribution >= 0.6 is 15.9 Å². The number of nitrogens with two attached hydrogens (primary N) is 1. The molecule has 0 saturated carbocycles. The van der Waals surface area contributed by atoms with Crippen molar-refractivity contribution in [2.45, 2.75) is 13.0 Å². The van der Waals surface area contributed by atoms with Gasteiger partial charge in [0, 0.05) is 4.47 Å². The van der Waals surface area contributed by atoms with Crippen molar-refractivity contribution in [2.75, 3.05) is 6.61 Å². The Balaban J connectivity index is 1.98. The molecule has 0 radical (unpaired) electrons. The van der Waals surface area contributed by atoms with Gasteiger partial charge >= 0.3 is 0 Å². The van der Waals surface area contributed by atoms with E-state index in [0.717, 1.165) is 15.8 Å². The van der Waals surface area contributed by atoms with Crippen LogP contribution in [0.25, 0.3) is 0 Å². The Morgan fingerprint density at radius 1 is 1.11 bits per heavy atom. The first-order valence-electron chi connectivity index (χ1n) is 5.86. The highest BCUT2D eigenvalue weighted by Gasteiger charge is 2.09. The summed E-state index contributed by atoms with van der Waals surface area (Å²) in [6.45, 7) is 2.54. The van der Waals surface area contributed by atoms with Gasteiger partial charge in [0.1, 0.15) is 12.4 Å². The molecule has 0 spiro atoms. The van der Waals surface area contributed by atoms with Crippen molar-refractivity contribution >= 4 is 15.9 Å². The molecule has 18 heavy (non-hydrogen) atoms. The molecule has 2 aromatic rings. The van der Waals surface area contributed by atoms with Gasteiger partial charge < -0.3 is 10.5 Å². The highest BCUT2D eigenvalue weighted by Crippen LogP contribution is 2.19. The van der Waals surface area contributed by atoms with E-state index in [2.05, 4.69) is 28.9 Å². The largest absolute Gasteiger partial charge is 0.492 e. The first kappa shape index (κ1) is 13.1. The fourth-order valence-electron chi connectivity index (χ4n) is 1.81. The molecule has 3 heteroatoms. The summed E-state index contributed by atoms with van der Waals surface area (Å²) >= 11 is 3.39. The molecule has 0 bridgehead atoms. The maximum Gasteiger partial charge on any atom is 0.119 e. The topological polar surface area (TPSA) is 35.2 Å². The SMILES string of the molecule is Cc1ccccc1C(N)COc1ccc(Br)cc1. The summed E-state index contributed by atoms with van der Waals surface area (Å²) in [5.74, 6) is 0.835. The second kappa shape index (κ2) is 6.03. The van der Waals surface area contributed by atoms with Crippen molar-refractivity contribution < 1.29 is 4.74 Å². The molecule has 2 rings (SSSR count). The number of halogens is 1. The Bertz CT molecular complexity index is 510. The number of ether oxygens (including phenoxy) is 1. The lowest BCUT2D eigenvalue weighted by Gasteiger charge is -2.15. The summed E-state index contributed by atoms with van der Waals surface area (Å²) < 4.78 is 6.73. The van der Waals surface area contributed by atoms with Crippen LogP contribution in [0, 0.1) is 6.92 Å². The van der Waals surface area contributed by atoms with Gasteiger partial charge in [-0.05, 0) is 42.3 Å². The lowest BCUT2D eigenvalue weighted by Crippen LogP contribution is -2.19. The van der Waals surface area contributed by atoms with Gasteiger partial charge in [0.2, 0.25) is 0 Å². The molecule has 0 aliphatic heterocycles. The fourth-order valence-corrected chi connectivity index (χ4v) is 2.07. The minimum absolute atomic E-state index is 0.102. The summed E-state index contributed by atoms with van der Waals surface area (Å²) in [5.41, 5.74) is 8.47. The van der Waals surface area contributed by atoms with Crippen molar-refractivity contribution in [3.63, 3.8) is 0 Å². The van der Waals surface area contributed by atoms with E-state index in [4.69, 9.17) is 10.5 Å². The lowest BCUT2D eigenvalue weighted by molar-refractivity contribution is 0.290. The van der Waals surface area contributed by atoms with Gasteiger partial charge in [0.25, 0.3) is 0 Å². The van der Waals surface area contributed by atoms with E-state index in [1.165, 1.54) is 5.56 Å². The van der Waals surface area contributed by atoms with Gasteiger partial charge in [-0.15, -0.1) is 0 Å². The maximum absolute atomic E-state index is 6.14. The van der Waals surface area contributed by atoms with Crippen LogP contribution in [0.5, 0.6) is 5.75 Å². The molecule has 2 N–H and O–H groups in total. The molecule has 94 valence electrons. The van der Waals surface area contributed by atoms with E-state index in [-0.39, 0.29) is 6.04 Å². The smallest absolute Gasteiger partial charge is 0.119 e. The minimum atomic E-state index is -0.102. The van der Waals surface area contributed by atoms with E-state index >= 15 is 0 Å². The second-order valence-corrected chi connectivity index (χ2v) is 5.14. The number of aryl methyl sites for hydroxylation is 1. The van der Waals surface area contributed by atoms with Crippen molar-refractivity contribution in [2.24, 2.45) is 5.73 Å². The zero-order valence-corrected chi connectivity index (χ0v) is 11.9. The van der Waals surface area contributed by atoms with Gasteiger partial charge in [0.15, 0.2) is 0 Å². The van der Waals surface area contributed by atoms with Crippen LogP contribution < -0.4 is 10.5 Å². The summed E-state index contributed by atoms with van der Waals surface area (Å²) in [7, 11) is 0. The van der Waals surface area contributed by atoms with Crippen molar-refractivity contribution in [3.8, 4) is 5.75 Å². The number of rotatable bonds is 4. The summed E-state index contributed by atoms with van der Waals surface area (Å²) in [6, 6.07) is 15.8. The third-order valence-electron chi connectivity index (χ3n) is 2.83. The normalized spacial score (nSPS) is 12.2. The van der Waals surface area contributed by atoms with E-state index in [1.807, 2.05) is 42.5 Å². The molecular formula is C15H16BrNO. The maximum atomic E-state index is 6.14. The van der Waals surface area contributed by atoms with Crippen LogP contribution in [-0.2, 0) is 0 Å². The Hall–Kier alpha value is -1.32. The van der Waals surface area contributed by atoms with E-state index in [1.54, 1.807) is 0 Å². The molecule has 0 aliphatic carbocycles. The third kappa shape index (κ3) is 3.34. The predicted molar refractivity (Wildman–Crippen MR) is 77.7 cm³/mol. The fraction of sp³-hybridized carbons (Fsp3) is 0.200. The Morgan fingerprint density at radius 3 is 2.44 bits per heavy atom. The Kier molecular flexibility index (Phi) is 4.39. The predicted octanol–water partition coefficient (Wildman–Crippen LogP) is 3.84. The molecular weight excluding hydrogens is 290 g/mol. The van der Waals surface area contributed by atoms with Crippen molar-refractivity contribution in [1.82, 2.24) is 0 Å². The zero-order chi connectivity index (χ0) is 13.0. The zero-order valence-electron chi connectivity index (χ0n) is 10.3. The van der Waals surface area contributed by atoms with Crippen LogP contribution in [0.4, 0.5) is 0 Å². The quantitative estimate of drug-likeness (QED) is 0.931. The molecule has 2 nitrogen and oxygen atoms in total. The average Bonchev–Trinajstić information content (AvgIpc) is 2.38. The average molecular weight is 306 g/mol.